The van der Waals surface area contributed by atoms with Crippen LogP contribution < -0.4 is 15.6 Å². The maximum Gasteiger partial charge on any atom is 0.283 e. The van der Waals surface area contributed by atoms with Crippen LogP contribution in [0.1, 0.15) is 30.9 Å². The van der Waals surface area contributed by atoms with Crippen molar-refractivity contribution in [3.8, 4) is 11.4 Å². The Labute approximate surface area is 225 Å². The summed E-state index contributed by atoms with van der Waals surface area (Å²) in [7, 11) is 1.57. The van der Waals surface area contributed by atoms with Crippen LogP contribution in [0, 0.1) is 6.92 Å². The van der Waals surface area contributed by atoms with Crippen molar-refractivity contribution < 1.29 is 9.53 Å². The topological polar surface area (TPSA) is 89.0 Å². The molecule has 5 aromatic rings. The van der Waals surface area contributed by atoms with Crippen molar-refractivity contribution in [2.24, 2.45) is 0 Å². The number of unbranched alkanes of at least 4 members (excludes halogenated alkanes) is 1. The van der Waals surface area contributed by atoms with Gasteiger partial charge in [0.2, 0.25) is 5.91 Å². The van der Waals surface area contributed by atoms with Crippen molar-refractivity contribution in [2.45, 2.75) is 38.3 Å². The molecule has 0 saturated carbocycles. The number of aromatic amines is 1. The summed E-state index contributed by atoms with van der Waals surface area (Å²) in [6.07, 6.45) is 3.32. The van der Waals surface area contributed by atoms with Crippen molar-refractivity contribution >= 4 is 45.3 Å². The first-order chi connectivity index (χ1) is 18.5. The molecule has 38 heavy (non-hydrogen) atoms. The number of aryl methyl sites for hydroxylation is 2. The molecule has 5 rings (SSSR count). The van der Waals surface area contributed by atoms with E-state index in [1.807, 2.05) is 73.7 Å². The summed E-state index contributed by atoms with van der Waals surface area (Å²) in [5, 5.41) is 4.23. The summed E-state index contributed by atoms with van der Waals surface area (Å²) in [4.78, 5) is 34.9. The summed E-state index contributed by atoms with van der Waals surface area (Å²) in [6, 6.07) is 21.3. The maximum absolute atomic E-state index is 13.9. The minimum atomic E-state index is -0.249. The lowest BCUT2D eigenvalue weighted by Crippen LogP contribution is -2.23. The molecule has 0 bridgehead atoms. The fourth-order valence-corrected chi connectivity index (χ4v) is 5.29. The molecule has 0 unspecified atom stereocenters. The molecule has 0 aliphatic rings. The van der Waals surface area contributed by atoms with E-state index in [1.165, 1.54) is 21.9 Å². The summed E-state index contributed by atoms with van der Waals surface area (Å²) in [5.41, 5.74) is 5.13. The van der Waals surface area contributed by atoms with Crippen LogP contribution in [0.25, 0.3) is 27.6 Å². The number of amides is 1. The fraction of sp³-hybridized carbons (Fsp3) is 0.233. The Morgan fingerprint density at radius 3 is 2.66 bits per heavy atom. The lowest BCUT2D eigenvalue weighted by molar-refractivity contribution is -0.113. The molecule has 0 radical (unpaired) electrons. The molecule has 8 heteroatoms. The number of anilines is 1. The second-order valence-electron chi connectivity index (χ2n) is 9.24. The Bertz CT molecular complexity index is 1670. The number of H-pyrrole nitrogens is 1. The molecule has 2 heterocycles. The van der Waals surface area contributed by atoms with Crippen LogP contribution in [0.15, 0.2) is 76.7 Å². The van der Waals surface area contributed by atoms with Crippen molar-refractivity contribution in [1.29, 1.82) is 0 Å². The molecule has 2 aromatic heterocycles. The van der Waals surface area contributed by atoms with Gasteiger partial charge in [-0.3, -0.25) is 9.59 Å². The smallest absolute Gasteiger partial charge is 0.283 e. The number of methoxy groups -OCH3 is 1. The van der Waals surface area contributed by atoms with Crippen LogP contribution >= 0.6 is 11.8 Å². The number of hydrogen-bond acceptors (Lipinski definition) is 5. The molecular formula is C30H30N4O3S. The predicted octanol–water partition coefficient (Wildman–Crippen LogP) is 6.26. The predicted molar refractivity (Wildman–Crippen MR) is 155 cm³/mol. The lowest BCUT2D eigenvalue weighted by atomic mass is 10.1. The second-order valence-corrected chi connectivity index (χ2v) is 10.2. The van der Waals surface area contributed by atoms with Crippen molar-refractivity contribution in [2.75, 3.05) is 18.2 Å². The summed E-state index contributed by atoms with van der Waals surface area (Å²) >= 11 is 1.22. The number of fused-ring (bicyclic) bond motifs is 3. The number of hydrogen-bond donors (Lipinski definition) is 2. The number of rotatable bonds is 9. The average molecular weight is 527 g/mol. The van der Waals surface area contributed by atoms with Crippen LogP contribution in [0.4, 0.5) is 5.69 Å². The average Bonchev–Trinajstić information content (AvgIpc) is 3.30. The highest BCUT2D eigenvalue weighted by atomic mass is 32.2. The zero-order valence-corrected chi connectivity index (χ0v) is 22.5. The fourth-order valence-electron chi connectivity index (χ4n) is 4.49. The van der Waals surface area contributed by atoms with Gasteiger partial charge >= 0.3 is 0 Å². The van der Waals surface area contributed by atoms with E-state index < -0.39 is 0 Å². The van der Waals surface area contributed by atoms with Gasteiger partial charge in [0.1, 0.15) is 16.8 Å². The van der Waals surface area contributed by atoms with Crippen molar-refractivity contribution in [3.63, 3.8) is 0 Å². The van der Waals surface area contributed by atoms with Gasteiger partial charge in [-0.1, -0.05) is 61.5 Å². The molecule has 0 spiro atoms. The minimum absolute atomic E-state index is 0.0893. The van der Waals surface area contributed by atoms with Crippen molar-refractivity contribution in [1.82, 2.24) is 14.5 Å². The van der Waals surface area contributed by atoms with Gasteiger partial charge in [-0.2, -0.15) is 0 Å². The summed E-state index contributed by atoms with van der Waals surface area (Å²) in [5.74, 6) is 0.461. The molecule has 0 aliphatic carbocycles. The van der Waals surface area contributed by atoms with E-state index in [9.17, 15) is 9.59 Å². The third-order valence-corrected chi connectivity index (χ3v) is 7.40. The molecule has 0 aliphatic heterocycles. The molecule has 194 valence electrons. The third-order valence-electron chi connectivity index (χ3n) is 6.46. The van der Waals surface area contributed by atoms with Gasteiger partial charge in [-0.15, -0.1) is 0 Å². The third kappa shape index (κ3) is 5.17. The van der Waals surface area contributed by atoms with E-state index in [4.69, 9.17) is 9.72 Å². The zero-order valence-electron chi connectivity index (χ0n) is 21.7. The molecule has 0 saturated heterocycles. The Morgan fingerprint density at radius 1 is 1.11 bits per heavy atom. The number of nitrogens with zero attached hydrogens (tertiary/aromatic N) is 2. The maximum atomic E-state index is 13.9. The Morgan fingerprint density at radius 2 is 1.89 bits per heavy atom. The number of para-hydroxylation sites is 1. The first kappa shape index (κ1) is 25.6. The highest BCUT2D eigenvalue weighted by Crippen LogP contribution is 2.30. The van der Waals surface area contributed by atoms with Crippen LogP contribution in [-0.2, 0) is 11.2 Å². The highest BCUT2D eigenvalue weighted by Gasteiger charge is 2.20. The SMILES string of the molecule is CCCCc1ccc(NC(=O)CSc2nc3c([nH]c4ccccc43)c(=O)n2-c2cc(C)ccc2OC)cc1. The monoisotopic (exact) mass is 526 g/mol. The molecule has 0 atom stereocenters. The van der Waals surface area contributed by atoms with E-state index in [2.05, 4.69) is 17.2 Å². The number of benzene rings is 3. The number of carbonyl (C=O) groups is 1. The molecule has 0 fully saturated rings. The minimum Gasteiger partial charge on any atom is -0.495 e. The van der Waals surface area contributed by atoms with E-state index in [-0.39, 0.29) is 17.2 Å². The first-order valence-corrected chi connectivity index (χ1v) is 13.7. The number of aromatic nitrogens is 3. The van der Waals surface area contributed by atoms with Crippen LogP contribution in [0.2, 0.25) is 0 Å². The number of thioether (sulfide) groups is 1. The van der Waals surface area contributed by atoms with Gasteiger partial charge in [-0.05, 0) is 61.2 Å². The van der Waals surface area contributed by atoms with Gasteiger partial charge in [0.15, 0.2) is 5.16 Å². The van der Waals surface area contributed by atoms with Crippen LogP contribution in [0.3, 0.4) is 0 Å². The molecule has 7 nitrogen and oxygen atoms in total. The first-order valence-electron chi connectivity index (χ1n) is 12.7. The largest absolute Gasteiger partial charge is 0.495 e. The Kier molecular flexibility index (Phi) is 7.51. The summed E-state index contributed by atoms with van der Waals surface area (Å²) < 4.78 is 7.12. The van der Waals surface area contributed by atoms with E-state index in [0.717, 1.165) is 41.4 Å². The number of carbonyl (C=O) groups excluding carboxylic acids is 1. The van der Waals surface area contributed by atoms with Crippen LogP contribution in [-0.4, -0.2) is 33.3 Å². The number of ether oxygens (including phenoxy) is 1. The van der Waals surface area contributed by atoms with Gasteiger partial charge in [-0.25, -0.2) is 9.55 Å². The quantitative estimate of drug-likeness (QED) is 0.175. The normalized spacial score (nSPS) is 11.2. The highest BCUT2D eigenvalue weighted by molar-refractivity contribution is 7.99. The Balaban J connectivity index is 1.50. The Hall–Kier alpha value is -4.04. The van der Waals surface area contributed by atoms with Gasteiger partial charge in [0.05, 0.1) is 18.6 Å². The van der Waals surface area contributed by atoms with Crippen LogP contribution in [0.5, 0.6) is 5.75 Å². The number of nitrogens with one attached hydrogen (secondary N) is 2. The second kappa shape index (κ2) is 11.1. The standard InChI is InChI=1S/C30H30N4O3S/c1-4-5-8-20-12-14-21(15-13-20)31-26(35)18-38-30-33-27-22-9-6-7-10-23(22)32-28(27)29(36)34(30)24-17-19(2)11-16-25(24)37-3/h6-7,9-17,32H,4-5,8,18H2,1-3H3,(H,31,35). The molecule has 2 N–H and O–H groups in total. The van der Waals surface area contributed by atoms with Gasteiger partial charge in [0, 0.05) is 16.6 Å². The lowest BCUT2D eigenvalue weighted by Gasteiger charge is -2.15. The van der Waals surface area contributed by atoms with Gasteiger partial charge in [0.25, 0.3) is 5.56 Å². The zero-order chi connectivity index (χ0) is 26.6. The van der Waals surface area contributed by atoms with E-state index in [0.29, 0.717) is 27.6 Å². The molecule has 1 amide bonds. The van der Waals surface area contributed by atoms with Crippen molar-refractivity contribution in [3.05, 3.63) is 88.2 Å². The summed E-state index contributed by atoms with van der Waals surface area (Å²) in [6.45, 7) is 4.13. The van der Waals surface area contributed by atoms with E-state index >= 15 is 0 Å². The molecule has 3 aromatic carbocycles. The van der Waals surface area contributed by atoms with E-state index in [1.54, 1.807) is 7.11 Å². The van der Waals surface area contributed by atoms with Gasteiger partial charge < -0.3 is 15.0 Å². The molecular weight excluding hydrogens is 496 g/mol.